The van der Waals surface area contributed by atoms with Gasteiger partial charge in [0.15, 0.2) is 5.76 Å². The fourth-order valence-corrected chi connectivity index (χ4v) is 2.63. The summed E-state index contributed by atoms with van der Waals surface area (Å²) in [6.07, 6.45) is 5.34. The van der Waals surface area contributed by atoms with E-state index in [1.54, 1.807) is 18.6 Å². The van der Waals surface area contributed by atoms with E-state index in [-0.39, 0.29) is 17.6 Å². The van der Waals surface area contributed by atoms with Crippen molar-refractivity contribution in [2.75, 3.05) is 0 Å². The third-order valence-electron chi connectivity index (χ3n) is 4.02. The van der Waals surface area contributed by atoms with Gasteiger partial charge in [0, 0.05) is 30.4 Å². The van der Waals surface area contributed by atoms with Crippen molar-refractivity contribution in [3.63, 3.8) is 0 Å². The molecule has 0 aliphatic rings. The number of hydrogen-bond acceptors (Lipinski definition) is 3. The molecule has 4 heteroatoms. The zero-order chi connectivity index (χ0) is 16.2. The van der Waals surface area contributed by atoms with E-state index in [1.165, 1.54) is 0 Å². The molecule has 3 aromatic rings. The average Bonchev–Trinajstić information content (AvgIpc) is 3.24. The lowest BCUT2D eigenvalue weighted by atomic mass is 9.90. The minimum Gasteiger partial charge on any atom is -0.453 e. The lowest BCUT2D eigenvalue weighted by Crippen LogP contribution is -2.25. The molecular formula is C19H20N2O2. The second-order valence-corrected chi connectivity index (χ2v) is 6.00. The van der Waals surface area contributed by atoms with Gasteiger partial charge in [-0.3, -0.25) is 4.79 Å². The fourth-order valence-electron chi connectivity index (χ4n) is 2.63. The van der Waals surface area contributed by atoms with Crippen molar-refractivity contribution in [1.29, 1.82) is 0 Å². The zero-order valence-corrected chi connectivity index (χ0v) is 13.3. The molecule has 2 heterocycles. The Balaban J connectivity index is 1.82. The maximum Gasteiger partial charge on any atom is 0.203 e. The number of imidazole rings is 1. The highest BCUT2D eigenvalue weighted by Gasteiger charge is 2.26. The van der Waals surface area contributed by atoms with Crippen LogP contribution in [0.5, 0.6) is 0 Å². The van der Waals surface area contributed by atoms with E-state index in [0.717, 1.165) is 11.3 Å². The van der Waals surface area contributed by atoms with Gasteiger partial charge in [0.2, 0.25) is 5.78 Å². The smallest absolute Gasteiger partial charge is 0.203 e. The fraction of sp³-hybridized carbons (Fsp3) is 0.263. The van der Waals surface area contributed by atoms with Gasteiger partial charge in [-0.25, -0.2) is 4.98 Å². The third kappa shape index (κ3) is 3.42. The summed E-state index contributed by atoms with van der Waals surface area (Å²) in [6.45, 7) is 4.72. The van der Waals surface area contributed by atoms with Crippen LogP contribution in [0.25, 0.3) is 11.3 Å². The monoisotopic (exact) mass is 308 g/mol. The van der Waals surface area contributed by atoms with Crippen LogP contribution in [0, 0.1) is 11.8 Å². The van der Waals surface area contributed by atoms with Crippen LogP contribution in [0.2, 0.25) is 0 Å². The molecule has 4 nitrogen and oxygen atoms in total. The predicted octanol–water partition coefficient (Wildman–Crippen LogP) is 4.30. The Labute approximate surface area is 135 Å². The minimum absolute atomic E-state index is 0.0379. The standard InChI is InChI=1S/C19H20N2O2/c1-14(2)16(12-21-11-10-20-13-21)19(22)18-9-8-17(23-18)15-6-4-3-5-7-15/h3-11,13-14,16H,12H2,1-2H3. The average molecular weight is 308 g/mol. The molecule has 1 aromatic carbocycles. The van der Waals surface area contributed by atoms with Crippen LogP contribution < -0.4 is 0 Å². The Kier molecular flexibility index (Phi) is 4.42. The third-order valence-corrected chi connectivity index (χ3v) is 4.02. The number of aromatic nitrogens is 2. The number of Topliss-reactive ketones (excluding diaryl/α,β-unsaturated/α-hetero) is 1. The van der Waals surface area contributed by atoms with Crippen LogP contribution in [-0.2, 0) is 6.54 Å². The van der Waals surface area contributed by atoms with E-state index >= 15 is 0 Å². The Morgan fingerprint density at radius 3 is 2.61 bits per heavy atom. The molecule has 0 bridgehead atoms. The first-order valence-corrected chi connectivity index (χ1v) is 7.80. The summed E-state index contributed by atoms with van der Waals surface area (Å²) in [5.74, 6) is 1.26. The summed E-state index contributed by atoms with van der Waals surface area (Å²) in [6, 6.07) is 13.4. The van der Waals surface area contributed by atoms with Gasteiger partial charge < -0.3 is 8.98 Å². The van der Waals surface area contributed by atoms with E-state index in [2.05, 4.69) is 18.8 Å². The highest BCUT2D eigenvalue weighted by atomic mass is 16.3. The van der Waals surface area contributed by atoms with Gasteiger partial charge >= 0.3 is 0 Å². The van der Waals surface area contributed by atoms with E-state index in [9.17, 15) is 4.79 Å². The summed E-state index contributed by atoms with van der Waals surface area (Å²) in [4.78, 5) is 16.9. The van der Waals surface area contributed by atoms with Crippen LogP contribution in [0.4, 0.5) is 0 Å². The van der Waals surface area contributed by atoms with Crippen molar-refractivity contribution in [3.05, 3.63) is 66.9 Å². The highest BCUT2D eigenvalue weighted by Crippen LogP contribution is 2.26. The van der Waals surface area contributed by atoms with Crippen molar-refractivity contribution >= 4 is 5.78 Å². The van der Waals surface area contributed by atoms with E-state index in [4.69, 9.17) is 4.42 Å². The van der Waals surface area contributed by atoms with Crippen LogP contribution in [0.1, 0.15) is 24.4 Å². The van der Waals surface area contributed by atoms with Crippen LogP contribution in [-0.4, -0.2) is 15.3 Å². The van der Waals surface area contributed by atoms with Crippen molar-refractivity contribution in [3.8, 4) is 11.3 Å². The maximum absolute atomic E-state index is 12.8. The Morgan fingerprint density at radius 1 is 1.17 bits per heavy atom. The molecule has 0 aliphatic heterocycles. The molecule has 0 amide bonds. The van der Waals surface area contributed by atoms with Gasteiger partial charge in [-0.05, 0) is 18.1 Å². The SMILES string of the molecule is CC(C)C(Cn1ccnc1)C(=O)c1ccc(-c2ccccc2)o1. The first-order valence-electron chi connectivity index (χ1n) is 7.80. The second-order valence-electron chi connectivity index (χ2n) is 6.00. The molecule has 0 spiro atoms. The number of carbonyl (C=O) groups excluding carboxylic acids is 1. The lowest BCUT2D eigenvalue weighted by molar-refractivity contribution is 0.0840. The van der Waals surface area contributed by atoms with Gasteiger partial charge in [0.1, 0.15) is 5.76 Å². The number of carbonyl (C=O) groups is 1. The largest absolute Gasteiger partial charge is 0.453 e. The van der Waals surface area contributed by atoms with E-state index in [0.29, 0.717) is 12.3 Å². The lowest BCUT2D eigenvalue weighted by Gasteiger charge is -2.18. The summed E-state index contributed by atoms with van der Waals surface area (Å²) < 4.78 is 7.74. The number of hydrogen-bond donors (Lipinski definition) is 0. The van der Waals surface area contributed by atoms with Gasteiger partial charge in [-0.2, -0.15) is 0 Å². The Bertz CT molecular complexity index is 758. The first-order chi connectivity index (χ1) is 11.1. The molecule has 3 rings (SSSR count). The molecule has 1 unspecified atom stereocenters. The predicted molar refractivity (Wildman–Crippen MR) is 89.0 cm³/mol. The van der Waals surface area contributed by atoms with Gasteiger partial charge in [0.05, 0.1) is 6.33 Å². The second kappa shape index (κ2) is 6.65. The number of nitrogens with zero attached hydrogens (tertiary/aromatic N) is 2. The van der Waals surface area contributed by atoms with Gasteiger partial charge in [0.25, 0.3) is 0 Å². The molecule has 0 saturated carbocycles. The van der Waals surface area contributed by atoms with Gasteiger partial charge in [-0.1, -0.05) is 44.2 Å². The quantitative estimate of drug-likeness (QED) is 0.638. The molecule has 118 valence electrons. The van der Waals surface area contributed by atoms with E-state index in [1.807, 2.05) is 47.2 Å². The minimum atomic E-state index is -0.140. The maximum atomic E-state index is 12.8. The molecule has 23 heavy (non-hydrogen) atoms. The topological polar surface area (TPSA) is 48.0 Å². The van der Waals surface area contributed by atoms with Crippen LogP contribution in [0.15, 0.2) is 65.6 Å². The van der Waals surface area contributed by atoms with Crippen LogP contribution in [0.3, 0.4) is 0 Å². The summed E-state index contributed by atoms with van der Waals surface area (Å²) >= 11 is 0. The number of benzene rings is 1. The molecule has 0 radical (unpaired) electrons. The van der Waals surface area contributed by atoms with Crippen molar-refractivity contribution in [1.82, 2.24) is 9.55 Å². The summed E-state index contributed by atoms with van der Waals surface area (Å²) in [5.41, 5.74) is 0.974. The number of furan rings is 1. The molecule has 0 N–H and O–H groups in total. The van der Waals surface area contributed by atoms with E-state index < -0.39 is 0 Å². The summed E-state index contributed by atoms with van der Waals surface area (Å²) in [5, 5.41) is 0. The molecule has 0 fully saturated rings. The van der Waals surface area contributed by atoms with Crippen LogP contribution >= 0.6 is 0 Å². The summed E-state index contributed by atoms with van der Waals surface area (Å²) in [7, 11) is 0. The molecule has 1 atom stereocenters. The Hall–Kier alpha value is -2.62. The molecular weight excluding hydrogens is 288 g/mol. The first kappa shape index (κ1) is 15.3. The number of ketones is 1. The number of rotatable bonds is 6. The Morgan fingerprint density at radius 2 is 1.96 bits per heavy atom. The normalized spacial score (nSPS) is 12.5. The van der Waals surface area contributed by atoms with Gasteiger partial charge in [-0.15, -0.1) is 0 Å². The molecule has 2 aromatic heterocycles. The van der Waals surface area contributed by atoms with Crippen molar-refractivity contribution in [2.24, 2.45) is 11.8 Å². The van der Waals surface area contributed by atoms with Crippen molar-refractivity contribution < 1.29 is 9.21 Å². The molecule has 0 saturated heterocycles. The van der Waals surface area contributed by atoms with Crippen molar-refractivity contribution in [2.45, 2.75) is 20.4 Å². The molecule has 0 aliphatic carbocycles. The zero-order valence-electron chi connectivity index (χ0n) is 13.3. The highest BCUT2D eigenvalue weighted by molar-refractivity contribution is 5.96.